The molecular formula is C19H14ClF2N5S2. The van der Waals surface area contributed by atoms with Gasteiger partial charge in [0, 0.05) is 15.2 Å². The van der Waals surface area contributed by atoms with Crippen LogP contribution in [0.4, 0.5) is 26.0 Å². The number of thiophene rings is 1. The van der Waals surface area contributed by atoms with Gasteiger partial charge in [0.15, 0.2) is 11.6 Å². The Hall–Kier alpha value is -2.49. The van der Waals surface area contributed by atoms with E-state index < -0.39 is 11.6 Å². The first kappa shape index (κ1) is 19.8. The lowest BCUT2D eigenvalue weighted by Gasteiger charge is -2.13. The van der Waals surface area contributed by atoms with E-state index in [4.69, 9.17) is 11.6 Å². The van der Waals surface area contributed by atoms with E-state index in [0.29, 0.717) is 11.0 Å². The number of hydrogen-bond acceptors (Lipinski definition) is 7. The molecule has 10 heteroatoms. The van der Waals surface area contributed by atoms with E-state index in [1.165, 1.54) is 35.3 Å². The van der Waals surface area contributed by atoms with Crippen LogP contribution < -0.4 is 10.0 Å². The highest BCUT2D eigenvalue weighted by atomic mass is 35.5. The van der Waals surface area contributed by atoms with Crippen LogP contribution in [0.3, 0.4) is 0 Å². The zero-order valence-electron chi connectivity index (χ0n) is 15.3. The number of aromatic nitrogens is 3. The summed E-state index contributed by atoms with van der Waals surface area (Å²) in [6.45, 7) is 4.03. The van der Waals surface area contributed by atoms with Crippen molar-refractivity contribution in [3.63, 3.8) is 0 Å². The Kier molecular flexibility index (Phi) is 5.53. The van der Waals surface area contributed by atoms with Crippen LogP contribution in [0.5, 0.6) is 0 Å². The molecule has 4 aromatic rings. The molecule has 3 heterocycles. The number of benzene rings is 1. The molecule has 3 aromatic heterocycles. The van der Waals surface area contributed by atoms with Gasteiger partial charge in [0.1, 0.15) is 28.5 Å². The number of nitrogens with zero attached hydrogens (tertiary/aromatic N) is 3. The zero-order chi connectivity index (χ0) is 20.5. The second-order valence-corrected chi connectivity index (χ2v) is 8.44. The van der Waals surface area contributed by atoms with Gasteiger partial charge in [-0.3, -0.25) is 0 Å². The summed E-state index contributed by atoms with van der Waals surface area (Å²) < 4.78 is 32.4. The number of halogens is 3. The standard InChI is InChI=1S/C19H14ClF2N5S2/c1-9-10(2)28-7-14(9)29-27-12-4-3-11(21)17(16(12)22)26-19-18-13(23-8-24-19)5-6-15(20)25-18/h3-8,27H,1-2H3,(H,23,24,26). The first-order valence-electron chi connectivity index (χ1n) is 8.44. The van der Waals surface area contributed by atoms with Gasteiger partial charge in [0.25, 0.3) is 0 Å². The van der Waals surface area contributed by atoms with Crippen molar-refractivity contribution in [3.05, 3.63) is 63.2 Å². The lowest BCUT2D eigenvalue weighted by Crippen LogP contribution is -2.04. The fourth-order valence-corrected chi connectivity index (χ4v) is 4.55. The predicted molar refractivity (Wildman–Crippen MR) is 115 cm³/mol. The number of rotatable bonds is 5. The van der Waals surface area contributed by atoms with E-state index >= 15 is 4.39 Å². The third-order valence-corrected chi connectivity index (χ3v) is 6.63. The summed E-state index contributed by atoms with van der Waals surface area (Å²) in [5, 5.41) is 4.91. The van der Waals surface area contributed by atoms with E-state index in [-0.39, 0.29) is 22.3 Å². The molecular weight excluding hydrogens is 436 g/mol. The topological polar surface area (TPSA) is 62.7 Å². The summed E-state index contributed by atoms with van der Waals surface area (Å²) in [5.74, 6) is -1.37. The number of fused-ring (bicyclic) bond motifs is 1. The number of hydrogen-bond donors (Lipinski definition) is 2. The summed E-state index contributed by atoms with van der Waals surface area (Å²) in [4.78, 5) is 14.5. The lowest BCUT2D eigenvalue weighted by molar-refractivity contribution is 0.593. The molecule has 1 aromatic carbocycles. The average Bonchev–Trinajstić information content (AvgIpc) is 3.03. The van der Waals surface area contributed by atoms with E-state index in [1.807, 2.05) is 19.2 Å². The molecule has 0 atom stereocenters. The maximum atomic E-state index is 15.0. The molecule has 0 aliphatic carbocycles. The number of anilines is 3. The largest absolute Gasteiger partial charge is 0.333 e. The SMILES string of the molecule is Cc1scc(SNc2ccc(F)c(Nc3ncnc4ccc(Cl)nc34)c2F)c1C. The van der Waals surface area contributed by atoms with Crippen LogP contribution in [0, 0.1) is 25.5 Å². The number of nitrogens with one attached hydrogen (secondary N) is 2. The van der Waals surface area contributed by atoms with E-state index in [0.717, 1.165) is 10.5 Å². The molecule has 148 valence electrons. The Morgan fingerprint density at radius 2 is 1.93 bits per heavy atom. The molecule has 0 aliphatic heterocycles. The molecule has 0 radical (unpaired) electrons. The molecule has 29 heavy (non-hydrogen) atoms. The Balaban J connectivity index is 1.65. The van der Waals surface area contributed by atoms with Gasteiger partial charge >= 0.3 is 0 Å². The second-order valence-electron chi connectivity index (χ2n) is 6.12. The maximum absolute atomic E-state index is 15.0. The first-order chi connectivity index (χ1) is 13.9. The van der Waals surface area contributed by atoms with Crippen LogP contribution in [0.1, 0.15) is 10.4 Å². The Morgan fingerprint density at radius 3 is 2.69 bits per heavy atom. The molecule has 0 aliphatic rings. The van der Waals surface area contributed by atoms with E-state index in [1.54, 1.807) is 23.5 Å². The molecule has 0 bridgehead atoms. The Bertz CT molecular complexity index is 1210. The van der Waals surface area contributed by atoms with Crippen LogP contribution >= 0.6 is 34.9 Å². The number of aryl methyl sites for hydroxylation is 1. The van der Waals surface area contributed by atoms with Gasteiger partial charge in [0.2, 0.25) is 0 Å². The minimum Gasteiger partial charge on any atom is -0.333 e. The van der Waals surface area contributed by atoms with Crippen molar-refractivity contribution in [1.82, 2.24) is 15.0 Å². The summed E-state index contributed by atoms with van der Waals surface area (Å²) in [6, 6.07) is 5.77. The van der Waals surface area contributed by atoms with E-state index in [9.17, 15) is 4.39 Å². The highest BCUT2D eigenvalue weighted by Gasteiger charge is 2.17. The quantitative estimate of drug-likeness (QED) is 0.268. The van der Waals surface area contributed by atoms with Crippen LogP contribution in [0.15, 0.2) is 40.9 Å². The maximum Gasteiger partial charge on any atom is 0.173 e. The third kappa shape index (κ3) is 3.98. The zero-order valence-corrected chi connectivity index (χ0v) is 17.6. The van der Waals surface area contributed by atoms with Crippen molar-refractivity contribution in [3.8, 4) is 0 Å². The van der Waals surface area contributed by atoms with Crippen molar-refractivity contribution in [2.24, 2.45) is 0 Å². The average molecular weight is 450 g/mol. The van der Waals surface area contributed by atoms with Crippen molar-refractivity contribution < 1.29 is 8.78 Å². The summed E-state index contributed by atoms with van der Waals surface area (Å²) in [6.07, 6.45) is 1.29. The van der Waals surface area contributed by atoms with Crippen molar-refractivity contribution >= 4 is 63.1 Å². The van der Waals surface area contributed by atoms with Gasteiger partial charge in [-0.2, -0.15) is 0 Å². The highest BCUT2D eigenvalue weighted by molar-refractivity contribution is 8.00. The van der Waals surface area contributed by atoms with Gasteiger partial charge in [-0.15, -0.1) is 11.3 Å². The van der Waals surface area contributed by atoms with Crippen LogP contribution in [0.2, 0.25) is 5.15 Å². The predicted octanol–water partition coefficient (Wildman–Crippen LogP) is 6.50. The molecule has 0 fully saturated rings. The van der Waals surface area contributed by atoms with Crippen LogP contribution in [-0.4, -0.2) is 15.0 Å². The molecule has 0 saturated heterocycles. The second kappa shape index (κ2) is 8.10. The molecule has 0 amide bonds. The van der Waals surface area contributed by atoms with Crippen molar-refractivity contribution in [2.45, 2.75) is 18.7 Å². The van der Waals surface area contributed by atoms with Crippen molar-refractivity contribution in [1.29, 1.82) is 0 Å². The normalized spacial score (nSPS) is 11.1. The molecule has 2 N–H and O–H groups in total. The molecule has 4 rings (SSSR count). The van der Waals surface area contributed by atoms with Crippen molar-refractivity contribution in [2.75, 3.05) is 10.0 Å². The fraction of sp³-hybridized carbons (Fsp3) is 0.105. The van der Waals surface area contributed by atoms with Gasteiger partial charge in [-0.1, -0.05) is 11.6 Å². The van der Waals surface area contributed by atoms with Crippen LogP contribution in [0.25, 0.3) is 11.0 Å². The fourth-order valence-electron chi connectivity index (χ4n) is 2.57. The molecule has 0 unspecified atom stereocenters. The molecule has 0 spiro atoms. The summed E-state index contributed by atoms with van der Waals surface area (Å²) >= 11 is 8.84. The summed E-state index contributed by atoms with van der Waals surface area (Å²) in [7, 11) is 0. The minimum absolute atomic E-state index is 0.145. The third-order valence-electron chi connectivity index (χ3n) is 4.29. The molecule has 0 saturated carbocycles. The Morgan fingerprint density at radius 1 is 1.10 bits per heavy atom. The van der Waals surface area contributed by atoms with Gasteiger partial charge < -0.3 is 10.0 Å². The van der Waals surface area contributed by atoms with E-state index in [2.05, 4.69) is 25.0 Å². The van der Waals surface area contributed by atoms with Crippen LogP contribution in [-0.2, 0) is 0 Å². The Labute approximate surface area is 178 Å². The lowest BCUT2D eigenvalue weighted by atomic mass is 10.2. The molecule has 5 nitrogen and oxygen atoms in total. The number of pyridine rings is 1. The first-order valence-corrected chi connectivity index (χ1v) is 10.5. The highest BCUT2D eigenvalue weighted by Crippen LogP contribution is 2.34. The van der Waals surface area contributed by atoms with Gasteiger partial charge in [-0.25, -0.2) is 23.7 Å². The smallest absolute Gasteiger partial charge is 0.173 e. The minimum atomic E-state index is -0.768. The monoisotopic (exact) mass is 449 g/mol. The van der Waals surface area contributed by atoms with Gasteiger partial charge in [0.05, 0.1) is 11.2 Å². The van der Waals surface area contributed by atoms with Gasteiger partial charge in [-0.05, 0) is 55.6 Å². The summed E-state index contributed by atoms with van der Waals surface area (Å²) in [5.41, 5.74) is 1.75.